The van der Waals surface area contributed by atoms with Crippen LogP contribution >= 0.6 is 0 Å². The Morgan fingerprint density at radius 3 is 2.48 bits per heavy atom. The van der Waals surface area contributed by atoms with Crippen molar-refractivity contribution in [1.82, 2.24) is 29.3 Å². The molecule has 0 saturated carbocycles. The number of pyridine rings is 1. The zero-order valence-electron chi connectivity index (χ0n) is 24.4. The lowest BCUT2D eigenvalue weighted by atomic mass is 9.86. The number of hydrogen-bond donors (Lipinski definition) is 1. The third kappa shape index (κ3) is 4.99. The molecular weight excluding hydrogens is 555 g/mol. The van der Waals surface area contributed by atoms with Gasteiger partial charge in [-0.25, -0.2) is 22.2 Å². The number of fused-ring (bicyclic) bond motifs is 3. The Bertz CT molecular complexity index is 1870. The number of aryl methyl sites for hydroxylation is 2. The molecule has 1 aliphatic rings. The second-order valence-corrected chi connectivity index (χ2v) is 13.5. The Labute approximate surface area is 244 Å². The highest BCUT2D eigenvalue weighted by Gasteiger charge is 2.34. The van der Waals surface area contributed by atoms with Crippen LogP contribution in [0.25, 0.3) is 33.2 Å². The van der Waals surface area contributed by atoms with Gasteiger partial charge in [0.15, 0.2) is 5.82 Å². The Kier molecular flexibility index (Phi) is 7.15. The van der Waals surface area contributed by atoms with Gasteiger partial charge in [0.1, 0.15) is 0 Å². The fraction of sp³-hybridized carbons (Fsp3) is 0.387. The fourth-order valence-electron chi connectivity index (χ4n) is 6.55. The van der Waals surface area contributed by atoms with E-state index in [0.717, 1.165) is 47.1 Å². The molecule has 42 heavy (non-hydrogen) atoms. The van der Waals surface area contributed by atoms with Crippen LogP contribution in [0.2, 0.25) is 0 Å². The first-order valence-electron chi connectivity index (χ1n) is 14.1. The molecule has 1 unspecified atom stereocenters. The second-order valence-electron chi connectivity index (χ2n) is 11.7. The van der Waals surface area contributed by atoms with Gasteiger partial charge in [0, 0.05) is 43.0 Å². The quantitative estimate of drug-likeness (QED) is 0.278. The molecule has 0 spiro atoms. The van der Waals surface area contributed by atoms with E-state index in [1.165, 1.54) is 0 Å². The minimum atomic E-state index is -3.61. The summed E-state index contributed by atoms with van der Waals surface area (Å²) in [6.45, 7) is 6.51. The molecule has 11 heteroatoms. The number of benzene rings is 2. The molecular formula is C31H35FN6O3S. The largest absolute Gasteiger partial charge is 0.381 e. The van der Waals surface area contributed by atoms with E-state index >= 15 is 4.39 Å². The van der Waals surface area contributed by atoms with Gasteiger partial charge in [0.2, 0.25) is 10.0 Å². The number of aromatic nitrogens is 5. The van der Waals surface area contributed by atoms with E-state index in [4.69, 9.17) is 9.72 Å². The minimum Gasteiger partial charge on any atom is -0.381 e. The summed E-state index contributed by atoms with van der Waals surface area (Å²) in [7, 11) is -1.77. The molecule has 1 atom stereocenters. The van der Waals surface area contributed by atoms with Crippen LogP contribution in [0.3, 0.4) is 0 Å². The molecule has 2 aromatic carbocycles. The van der Waals surface area contributed by atoms with Crippen LogP contribution in [-0.2, 0) is 27.3 Å². The van der Waals surface area contributed by atoms with Crippen LogP contribution in [0.5, 0.6) is 0 Å². The monoisotopic (exact) mass is 590 g/mol. The Morgan fingerprint density at radius 2 is 1.83 bits per heavy atom. The molecule has 5 aromatic rings. The molecule has 1 N–H and O–H groups in total. The third-order valence-corrected chi connectivity index (χ3v) is 9.13. The van der Waals surface area contributed by atoms with Crippen molar-refractivity contribution < 1.29 is 17.5 Å². The Morgan fingerprint density at radius 1 is 1.12 bits per heavy atom. The topological polar surface area (TPSA) is 104 Å². The molecule has 6 rings (SSSR count). The van der Waals surface area contributed by atoms with Crippen molar-refractivity contribution in [3.8, 4) is 11.3 Å². The number of halogens is 1. The minimum absolute atomic E-state index is 0.175. The maximum atomic E-state index is 17.1. The molecule has 1 aliphatic heterocycles. The van der Waals surface area contributed by atoms with Gasteiger partial charge in [0.05, 0.1) is 45.8 Å². The molecule has 0 amide bonds. The highest BCUT2D eigenvalue weighted by Crippen LogP contribution is 2.43. The molecule has 9 nitrogen and oxygen atoms in total. The van der Waals surface area contributed by atoms with Gasteiger partial charge < -0.3 is 9.30 Å². The normalized spacial score (nSPS) is 16.0. The summed E-state index contributed by atoms with van der Waals surface area (Å²) in [6, 6.07) is 15.5. The molecule has 4 heterocycles. The van der Waals surface area contributed by atoms with Crippen molar-refractivity contribution in [3.05, 3.63) is 77.4 Å². The van der Waals surface area contributed by atoms with Crippen molar-refractivity contribution in [1.29, 1.82) is 0 Å². The number of nitrogens with zero attached hydrogens (tertiary/aromatic N) is 5. The number of ether oxygens (including phenoxy) is 1. The average molecular weight is 591 g/mol. The molecule has 3 aromatic heterocycles. The molecule has 0 bridgehead atoms. The van der Waals surface area contributed by atoms with Crippen LogP contribution in [0.4, 0.5) is 4.39 Å². The molecule has 1 fully saturated rings. The summed E-state index contributed by atoms with van der Waals surface area (Å²) in [5.74, 6) is -0.298. The highest BCUT2D eigenvalue weighted by atomic mass is 32.2. The van der Waals surface area contributed by atoms with E-state index in [2.05, 4.69) is 31.7 Å². The van der Waals surface area contributed by atoms with E-state index in [0.29, 0.717) is 29.6 Å². The third-order valence-electron chi connectivity index (χ3n) is 8.25. The maximum Gasteiger partial charge on any atom is 0.209 e. The lowest BCUT2D eigenvalue weighted by Gasteiger charge is -2.33. The number of sulfonamides is 1. The standard InChI is InChI=1S/C31H35FN6O3S/c1-19-28(37(4)36-34-19)22-17-25-27(33-18-22)23-11-12-24(31(2,3)35-42(5,39)40)26(32)30(23)38(25)29(20-9-7-6-8-10-20)21-13-15-41-16-14-21/h6-12,17-18,21,29,35H,13-16H2,1-5H3. The SMILES string of the molecule is Cc1nnn(C)c1-c1cnc2c3ccc(C(C)(C)NS(C)(=O)=O)c(F)c3n(C(c3ccccc3)C3CCOCC3)c2c1. The van der Waals surface area contributed by atoms with Crippen LogP contribution in [0.1, 0.15) is 49.6 Å². The maximum absolute atomic E-state index is 17.1. The van der Waals surface area contributed by atoms with Crippen LogP contribution in [0.15, 0.2) is 54.7 Å². The van der Waals surface area contributed by atoms with Gasteiger partial charge in [0.25, 0.3) is 0 Å². The summed E-state index contributed by atoms with van der Waals surface area (Å²) in [5.41, 5.74) is 4.42. The Hall–Kier alpha value is -3.67. The van der Waals surface area contributed by atoms with Crippen LogP contribution in [-0.4, -0.2) is 52.4 Å². The zero-order valence-corrected chi connectivity index (χ0v) is 25.2. The molecule has 0 aliphatic carbocycles. The first kappa shape index (κ1) is 28.4. The highest BCUT2D eigenvalue weighted by molar-refractivity contribution is 7.88. The van der Waals surface area contributed by atoms with Crippen LogP contribution < -0.4 is 4.72 Å². The number of nitrogens with one attached hydrogen (secondary N) is 1. The van der Waals surface area contributed by atoms with Crippen molar-refractivity contribution in [2.24, 2.45) is 13.0 Å². The molecule has 220 valence electrons. The number of hydrogen-bond acceptors (Lipinski definition) is 6. The van der Waals surface area contributed by atoms with E-state index in [1.54, 1.807) is 30.8 Å². The van der Waals surface area contributed by atoms with E-state index in [1.807, 2.05) is 44.3 Å². The predicted octanol–water partition coefficient (Wildman–Crippen LogP) is 5.23. The van der Waals surface area contributed by atoms with Crippen molar-refractivity contribution >= 4 is 32.0 Å². The summed E-state index contributed by atoms with van der Waals surface area (Å²) in [4.78, 5) is 4.89. The Balaban J connectivity index is 1.71. The lowest BCUT2D eigenvalue weighted by Crippen LogP contribution is -2.41. The summed E-state index contributed by atoms with van der Waals surface area (Å²) >= 11 is 0. The van der Waals surface area contributed by atoms with Gasteiger partial charge in [-0.15, -0.1) is 5.10 Å². The smallest absolute Gasteiger partial charge is 0.209 e. The zero-order chi connectivity index (χ0) is 29.8. The van der Waals surface area contributed by atoms with Gasteiger partial charge in [-0.2, -0.15) is 0 Å². The van der Waals surface area contributed by atoms with E-state index < -0.39 is 21.4 Å². The van der Waals surface area contributed by atoms with Gasteiger partial charge >= 0.3 is 0 Å². The first-order chi connectivity index (χ1) is 20.0. The van der Waals surface area contributed by atoms with Crippen LogP contribution in [0, 0.1) is 18.7 Å². The molecule has 1 saturated heterocycles. The lowest BCUT2D eigenvalue weighted by molar-refractivity contribution is 0.0552. The molecule has 0 radical (unpaired) electrons. The summed E-state index contributed by atoms with van der Waals surface area (Å²) in [6.07, 6.45) is 4.51. The van der Waals surface area contributed by atoms with Crippen molar-refractivity contribution in [3.63, 3.8) is 0 Å². The van der Waals surface area contributed by atoms with Gasteiger partial charge in [-0.3, -0.25) is 4.98 Å². The van der Waals surface area contributed by atoms with Gasteiger partial charge in [-0.1, -0.05) is 47.7 Å². The predicted molar refractivity (Wildman–Crippen MR) is 161 cm³/mol. The summed E-state index contributed by atoms with van der Waals surface area (Å²) in [5, 5.41) is 9.07. The average Bonchev–Trinajstić information content (AvgIpc) is 3.45. The van der Waals surface area contributed by atoms with Crippen molar-refractivity contribution in [2.45, 2.75) is 45.2 Å². The van der Waals surface area contributed by atoms with E-state index in [9.17, 15) is 8.42 Å². The van der Waals surface area contributed by atoms with E-state index in [-0.39, 0.29) is 17.5 Å². The first-order valence-corrected chi connectivity index (χ1v) is 16.0. The second kappa shape index (κ2) is 10.6. The van der Waals surface area contributed by atoms with Gasteiger partial charge in [-0.05, 0) is 51.2 Å². The number of rotatable bonds is 7. The van der Waals surface area contributed by atoms with Crippen molar-refractivity contribution in [2.75, 3.05) is 19.5 Å². The summed E-state index contributed by atoms with van der Waals surface area (Å²) < 4.78 is 53.7. The fourth-order valence-corrected chi connectivity index (χ4v) is 7.58.